The molecule has 1 aromatic heterocycles. The fourth-order valence-electron chi connectivity index (χ4n) is 5.03. The highest BCUT2D eigenvalue weighted by atomic mass is 79.9. The van der Waals surface area contributed by atoms with E-state index in [4.69, 9.17) is 0 Å². The number of pyridine rings is 1. The summed E-state index contributed by atoms with van der Waals surface area (Å²) in [7, 11) is 0. The highest BCUT2D eigenvalue weighted by Gasteiger charge is 2.47. The number of nitrogens with zero attached hydrogens (tertiary/aromatic N) is 1. The standard InChI is InChI=1S/C19H23BrN2O/c20-13-5-6-14(21-11-13)7-8-16-15-4-2-1-3-12(15)9-18-17(16)10-19(23)22-18/h5-8,11-12,15-18H,1-4,9-10H2,(H,22,23)/t12-,15+,16-,17+,18+/m0/s1. The largest absolute Gasteiger partial charge is 0.353 e. The minimum atomic E-state index is 0.249. The van der Waals surface area contributed by atoms with Crippen LogP contribution in [0, 0.1) is 23.7 Å². The van der Waals surface area contributed by atoms with E-state index in [0.29, 0.717) is 24.3 Å². The van der Waals surface area contributed by atoms with Crippen LogP contribution in [-0.4, -0.2) is 16.9 Å². The zero-order chi connectivity index (χ0) is 15.8. The number of aromatic nitrogens is 1. The van der Waals surface area contributed by atoms with Crippen LogP contribution >= 0.6 is 15.9 Å². The number of halogens is 1. The van der Waals surface area contributed by atoms with Crippen molar-refractivity contribution in [2.24, 2.45) is 23.7 Å². The van der Waals surface area contributed by atoms with Crippen LogP contribution in [0.2, 0.25) is 0 Å². The molecule has 23 heavy (non-hydrogen) atoms. The highest BCUT2D eigenvalue weighted by molar-refractivity contribution is 9.10. The van der Waals surface area contributed by atoms with Gasteiger partial charge in [0.15, 0.2) is 0 Å². The summed E-state index contributed by atoms with van der Waals surface area (Å²) in [4.78, 5) is 16.4. The molecule has 0 spiro atoms. The van der Waals surface area contributed by atoms with Crippen LogP contribution < -0.4 is 5.32 Å². The number of carbonyl (C=O) groups excluding carboxylic acids is 1. The number of rotatable bonds is 2. The van der Waals surface area contributed by atoms with E-state index >= 15 is 0 Å². The van der Waals surface area contributed by atoms with Crippen molar-refractivity contribution >= 4 is 27.9 Å². The molecule has 3 fully saturated rings. The molecule has 0 aromatic carbocycles. The van der Waals surface area contributed by atoms with Gasteiger partial charge in [-0.1, -0.05) is 25.3 Å². The molecule has 1 aromatic rings. The predicted molar refractivity (Wildman–Crippen MR) is 94.6 cm³/mol. The number of fused-ring (bicyclic) bond motifs is 2. The Kier molecular flexibility index (Phi) is 4.27. The van der Waals surface area contributed by atoms with Crippen molar-refractivity contribution in [3.63, 3.8) is 0 Å². The van der Waals surface area contributed by atoms with Gasteiger partial charge in [-0.3, -0.25) is 9.78 Å². The highest BCUT2D eigenvalue weighted by Crippen LogP contribution is 2.49. The molecule has 122 valence electrons. The van der Waals surface area contributed by atoms with Gasteiger partial charge in [0.1, 0.15) is 0 Å². The zero-order valence-corrected chi connectivity index (χ0v) is 14.8. The minimum absolute atomic E-state index is 0.249. The molecule has 0 bridgehead atoms. The quantitative estimate of drug-likeness (QED) is 0.842. The van der Waals surface area contributed by atoms with Crippen LogP contribution in [0.4, 0.5) is 0 Å². The molecule has 1 aliphatic heterocycles. The maximum Gasteiger partial charge on any atom is 0.220 e. The molecule has 3 aliphatic rings. The predicted octanol–water partition coefficient (Wildman–Crippen LogP) is 4.19. The van der Waals surface area contributed by atoms with Crippen molar-refractivity contribution in [1.29, 1.82) is 0 Å². The summed E-state index contributed by atoms with van der Waals surface area (Å²) >= 11 is 3.43. The lowest BCUT2D eigenvalue weighted by Gasteiger charge is -2.46. The molecule has 2 saturated carbocycles. The molecule has 3 nitrogen and oxygen atoms in total. The van der Waals surface area contributed by atoms with Gasteiger partial charge in [0.05, 0.1) is 5.69 Å². The summed E-state index contributed by atoms with van der Waals surface area (Å²) in [5.74, 6) is 2.79. The third kappa shape index (κ3) is 3.10. The number of hydrogen-bond donors (Lipinski definition) is 1. The monoisotopic (exact) mass is 374 g/mol. The first kappa shape index (κ1) is 15.4. The smallest absolute Gasteiger partial charge is 0.220 e. The van der Waals surface area contributed by atoms with Crippen molar-refractivity contribution in [3.05, 3.63) is 34.6 Å². The van der Waals surface area contributed by atoms with Crippen molar-refractivity contribution in [1.82, 2.24) is 10.3 Å². The Labute approximate surface area is 146 Å². The lowest BCUT2D eigenvalue weighted by molar-refractivity contribution is -0.119. The number of amides is 1. The normalized spacial score (nSPS) is 36.6. The van der Waals surface area contributed by atoms with E-state index in [1.807, 2.05) is 18.3 Å². The van der Waals surface area contributed by atoms with Crippen molar-refractivity contribution in [2.75, 3.05) is 0 Å². The number of nitrogens with one attached hydrogen (secondary N) is 1. The zero-order valence-electron chi connectivity index (χ0n) is 13.2. The van der Waals surface area contributed by atoms with Crippen LogP contribution in [0.3, 0.4) is 0 Å². The Balaban J connectivity index is 1.59. The van der Waals surface area contributed by atoms with Gasteiger partial charge in [-0.2, -0.15) is 0 Å². The molecular formula is C19H23BrN2O. The molecule has 4 rings (SSSR count). The summed E-state index contributed by atoms with van der Waals surface area (Å²) < 4.78 is 1.00. The molecule has 0 radical (unpaired) electrons. The summed E-state index contributed by atoms with van der Waals surface area (Å²) in [6, 6.07) is 4.46. The van der Waals surface area contributed by atoms with Crippen molar-refractivity contribution < 1.29 is 4.79 Å². The summed E-state index contributed by atoms with van der Waals surface area (Å²) in [6.45, 7) is 0. The van der Waals surface area contributed by atoms with E-state index in [1.165, 1.54) is 32.1 Å². The lowest BCUT2D eigenvalue weighted by atomic mass is 9.60. The first-order chi connectivity index (χ1) is 11.2. The molecule has 1 amide bonds. The number of allylic oxidation sites excluding steroid dienone is 1. The fraction of sp³-hybridized carbons (Fsp3) is 0.579. The molecule has 2 heterocycles. The van der Waals surface area contributed by atoms with Crippen LogP contribution in [0.25, 0.3) is 6.08 Å². The van der Waals surface area contributed by atoms with Gasteiger partial charge < -0.3 is 5.32 Å². The number of hydrogen-bond acceptors (Lipinski definition) is 2. The Bertz CT molecular complexity index is 612. The first-order valence-corrected chi connectivity index (χ1v) is 9.59. The molecule has 0 unspecified atom stereocenters. The van der Waals surface area contributed by atoms with Gasteiger partial charge in [0.2, 0.25) is 5.91 Å². The summed E-state index contributed by atoms with van der Waals surface area (Å²) in [6.07, 6.45) is 13.6. The van der Waals surface area contributed by atoms with Gasteiger partial charge in [-0.15, -0.1) is 0 Å². The van der Waals surface area contributed by atoms with E-state index in [9.17, 15) is 4.79 Å². The second-order valence-corrected chi connectivity index (χ2v) is 8.24. The topological polar surface area (TPSA) is 42.0 Å². The Morgan fingerprint density at radius 3 is 2.91 bits per heavy atom. The van der Waals surface area contributed by atoms with Crippen molar-refractivity contribution in [2.45, 2.75) is 44.6 Å². The average Bonchev–Trinajstić information content (AvgIpc) is 2.93. The third-order valence-corrected chi connectivity index (χ3v) is 6.51. The molecular weight excluding hydrogens is 352 g/mol. The van der Waals surface area contributed by atoms with E-state index in [0.717, 1.165) is 22.0 Å². The maximum absolute atomic E-state index is 11.9. The number of carbonyl (C=O) groups is 1. The van der Waals surface area contributed by atoms with Gasteiger partial charge in [0, 0.05) is 23.1 Å². The second kappa shape index (κ2) is 6.39. The summed E-state index contributed by atoms with van der Waals surface area (Å²) in [5, 5.41) is 3.23. The molecule has 5 atom stereocenters. The molecule has 1 N–H and O–H groups in total. The maximum atomic E-state index is 11.9. The van der Waals surface area contributed by atoms with E-state index < -0.39 is 0 Å². The van der Waals surface area contributed by atoms with Gasteiger partial charge >= 0.3 is 0 Å². The lowest BCUT2D eigenvalue weighted by Crippen LogP contribution is -2.45. The molecule has 2 aliphatic carbocycles. The SMILES string of the molecule is O=C1C[C@@H]2[C@@H](C=Cc3ccc(Br)cn3)[C@@H]3CCCC[C@H]3C[C@H]2N1. The second-order valence-electron chi connectivity index (χ2n) is 7.32. The van der Waals surface area contributed by atoms with Crippen LogP contribution in [0.5, 0.6) is 0 Å². The summed E-state index contributed by atoms with van der Waals surface area (Å²) in [5.41, 5.74) is 1.000. The van der Waals surface area contributed by atoms with E-state index in [2.05, 4.69) is 38.4 Å². The van der Waals surface area contributed by atoms with Crippen molar-refractivity contribution in [3.8, 4) is 0 Å². The van der Waals surface area contributed by atoms with Gasteiger partial charge in [0.25, 0.3) is 0 Å². The Morgan fingerprint density at radius 2 is 2.09 bits per heavy atom. The van der Waals surface area contributed by atoms with Crippen LogP contribution in [-0.2, 0) is 4.79 Å². The fourth-order valence-corrected chi connectivity index (χ4v) is 5.26. The van der Waals surface area contributed by atoms with E-state index in [-0.39, 0.29) is 5.91 Å². The van der Waals surface area contributed by atoms with Crippen LogP contribution in [0.1, 0.15) is 44.2 Å². The minimum Gasteiger partial charge on any atom is -0.353 e. The first-order valence-electron chi connectivity index (χ1n) is 8.80. The van der Waals surface area contributed by atoms with Crippen LogP contribution in [0.15, 0.2) is 28.9 Å². The average molecular weight is 375 g/mol. The molecule has 1 saturated heterocycles. The Hall–Kier alpha value is -1.16. The van der Waals surface area contributed by atoms with Gasteiger partial charge in [-0.25, -0.2) is 0 Å². The molecule has 4 heteroatoms. The van der Waals surface area contributed by atoms with Gasteiger partial charge in [-0.05, 0) is 70.7 Å². The third-order valence-electron chi connectivity index (χ3n) is 6.04. The Morgan fingerprint density at radius 1 is 1.22 bits per heavy atom. The van der Waals surface area contributed by atoms with E-state index in [1.54, 1.807) is 0 Å².